The van der Waals surface area contributed by atoms with Crippen LogP contribution in [-0.2, 0) is 0 Å². The minimum atomic E-state index is 0.516. The van der Waals surface area contributed by atoms with Gasteiger partial charge in [0.2, 0.25) is 0 Å². The van der Waals surface area contributed by atoms with Gasteiger partial charge in [0, 0.05) is 0 Å². The maximum Gasteiger partial charge on any atom is 0.171 e. The van der Waals surface area contributed by atoms with Crippen molar-refractivity contribution in [2.24, 2.45) is 0 Å². The Morgan fingerprint density at radius 2 is 2.13 bits per heavy atom. The number of thiophene rings is 1. The van der Waals surface area contributed by atoms with Crippen molar-refractivity contribution in [3.8, 4) is 10.7 Å². The average Bonchev–Trinajstić information content (AvgIpc) is 2.60. The number of halogens is 2. The van der Waals surface area contributed by atoms with Crippen molar-refractivity contribution in [1.29, 1.82) is 0 Å². The van der Waals surface area contributed by atoms with Gasteiger partial charge in [-0.05, 0) is 41.6 Å². The van der Waals surface area contributed by atoms with Crippen LogP contribution >= 0.6 is 45.5 Å². The lowest BCUT2D eigenvalue weighted by atomic mass is 10.4. The van der Waals surface area contributed by atoms with Crippen LogP contribution in [0.5, 0.6) is 0 Å². The van der Waals surface area contributed by atoms with Gasteiger partial charge in [0.1, 0.15) is 5.82 Å². The number of nitrogens with zero attached hydrogens (tertiary/aromatic N) is 2. The van der Waals surface area contributed by atoms with Gasteiger partial charge in [0.05, 0.1) is 18.5 Å². The van der Waals surface area contributed by atoms with E-state index in [1.165, 1.54) is 11.3 Å². The first kappa shape index (κ1) is 11.1. The molecule has 2 N–H and O–H groups in total. The van der Waals surface area contributed by atoms with Crippen LogP contribution in [0.3, 0.4) is 0 Å². The third kappa shape index (κ3) is 2.24. The van der Waals surface area contributed by atoms with Crippen molar-refractivity contribution in [1.82, 2.24) is 9.97 Å². The van der Waals surface area contributed by atoms with Gasteiger partial charge in [0.15, 0.2) is 5.82 Å². The highest BCUT2D eigenvalue weighted by atomic mass is 127. The molecule has 2 heterocycles. The number of aryl methyl sites for hydroxylation is 1. The molecule has 0 aliphatic rings. The van der Waals surface area contributed by atoms with E-state index in [4.69, 9.17) is 17.3 Å². The Balaban J connectivity index is 2.55. The summed E-state index contributed by atoms with van der Waals surface area (Å²) in [5.41, 5.74) is 6.67. The topological polar surface area (TPSA) is 51.8 Å². The smallest absolute Gasteiger partial charge is 0.171 e. The Hall–Kier alpha value is -0.400. The molecule has 0 spiro atoms. The third-order valence-corrected chi connectivity index (χ3v) is 4.40. The Bertz CT molecular complexity index is 489. The highest BCUT2D eigenvalue weighted by Gasteiger charge is 2.09. The Labute approximate surface area is 110 Å². The molecular formula is C9H7ClIN3S. The largest absolute Gasteiger partial charge is 0.383 e. The molecule has 0 aromatic carbocycles. The van der Waals surface area contributed by atoms with Gasteiger partial charge in [-0.3, -0.25) is 0 Å². The summed E-state index contributed by atoms with van der Waals surface area (Å²) in [5, 5.41) is 0. The number of rotatable bonds is 1. The lowest BCUT2D eigenvalue weighted by molar-refractivity contribution is 1.11. The predicted octanol–water partition coefficient (Wildman–Crippen LogP) is 3.35. The van der Waals surface area contributed by atoms with E-state index in [1.54, 1.807) is 0 Å². The second-order valence-electron chi connectivity index (χ2n) is 2.94. The van der Waals surface area contributed by atoms with Gasteiger partial charge in [-0.2, -0.15) is 0 Å². The molecule has 0 atom stereocenters. The van der Waals surface area contributed by atoms with E-state index in [-0.39, 0.29) is 0 Å². The Morgan fingerprint density at radius 3 is 2.67 bits per heavy atom. The quantitative estimate of drug-likeness (QED) is 0.802. The van der Waals surface area contributed by atoms with Crippen LogP contribution < -0.4 is 5.73 Å². The molecular weight excluding hydrogens is 345 g/mol. The molecule has 0 fully saturated rings. The van der Waals surface area contributed by atoms with Crippen LogP contribution in [0.1, 0.15) is 5.69 Å². The van der Waals surface area contributed by atoms with Gasteiger partial charge >= 0.3 is 0 Å². The molecule has 0 aliphatic carbocycles. The summed E-state index contributed by atoms with van der Waals surface area (Å²) in [7, 11) is 0. The highest BCUT2D eigenvalue weighted by molar-refractivity contribution is 14.1. The minimum Gasteiger partial charge on any atom is -0.383 e. The van der Waals surface area contributed by atoms with E-state index in [9.17, 15) is 0 Å². The molecule has 2 rings (SSSR count). The standard InChI is InChI=1S/C9H7ClIN3S/c1-4-7(11)8(12)14-9(13-4)5-2-3-6(10)15-5/h2-3H,1H3,(H2,12,13,14). The summed E-state index contributed by atoms with van der Waals surface area (Å²) in [6, 6.07) is 3.72. The molecule has 0 radical (unpaired) electrons. The van der Waals surface area contributed by atoms with E-state index < -0.39 is 0 Å². The lowest BCUT2D eigenvalue weighted by Crippen LogP contribution is -2.01. The van der Waals surface area contributed by atoms with Crippen LogP contribution in [0.4, 0.5) is 5.82 Å². The van der Waals surface area contributed by atoms with Crippen LogP contribution in [0.25, 0.3) is 10.7 Å². The summed E-state index contributed by atoms with van der Waals surface area (Å²) in [6.45, 7) is 1.92. The summed E-state index contributed by atoms with van der Waals surface area (Å²) >= 11 is 9.44. The summed E-state index contributed by atoms with van der Waals surface area (Å²) < 4.78 is 1.63. The number of hydrogen-bond donors (Lipinski definition) is 1. The van der Waals surface area contributed by atoms with E-state index in [0.717, 1.165) is 18.5 Å². The fourth-order valence-corrected chi connectivity index (χ4v) is 2.34. The molecule has 0 bridgehead atoms. The number of nitrogens with two attached hydrogens (primary N) is 1. The molecule has 0 aliphatic heterocycles. The minimum absolute atomic E-state index is 0.516. The average molecular weight is 352 g/mol. The van der Waals surface area contributed by atoms with Crippen molar-refractivity contribution in [2.75, 3.05) is 5.73 Å². The lowest BCUT2D eigenvalue weighted by Gasteiger charge is -2.03. The molecule has 2 aromatic heterocycles. The first-order valence-electron chi connectivity index (χ1n) is 4.13. The van der Waals surface area contributed by atoms with Gasteiger partial charge < -0.3 is 5.73 Å². The number of aromatic nitrogens is 2. The molecule has 0 saturated heterocycles. The molecule has 0 amide bonds. The van der Waals surface area contributed by atoms with Crippen LogP contribution in [0, 0.1) is 10.5 Å². The van der Waals surface area contributed by atoms with E-state index in [0.29, 0.717) is 11.6 Å². The van der Waals surface area contributed by atoms with Crippen molar-refractivity contribution >= 4 is 51.3 Å². The fourth-order valence-electron chi connectivity index (χ4n) is 1.13. The monoisotopic (exact) mass is 351 g/mol. The van der Waals surface area contributed by atoms with Gasteiger partial charge in [-0.25, -0.2) is 9.97 Å². The Kier molecular flexibility index (Phi) is 3.13. The molecule has 2 aromatic rings. The van der Waals surface area contributed by atoms with Crippen LogP contribution in [0.2, 0.25) is 4.34 Å². The zero-order valence-electron chi connectivity index (χ0n) is 7.79. The SMILES string of the molecule is Cc1nc(-c2ccc(Cl)s2)nc(N)c1I. The first-order chi connectivity index (χ1) is 7.08. The Morgan fingerprint density at radius 1 is 1.40 bits per heavy atom. The maximum absolute atomic E-state index is 5.85. The number of hydrogen-bond acceptors (Lipinski definition) is 4. The van der Waals surface area contributed by atoms with Crippen molar-refractivity contribution in [2.45, 2.75) is 6.92 Å². The normalized spacial score (nSPS) is 10.6. The van der Waals surface area contributed by atoms with Gasteiger partial charge in [0.25, 0.3) is 0 Å². The van der Waals surface area contributed by atoms with E-state index in [2.05, 4.69) is 32.6 Å². The second kappa shape index (κ2) is 4.23. The molecule has 0 saturated carbocycles. The molecule has 0 unspecified atom stereocenters. The van der Waals surface area contributed by atoms with Crippen LogP contribution in [-0.4, -0.2) is 9.97 Å². The molecule has 6 heteroatoms. The first-order valence-corrected chi connectivity index (χ1v) is 6.40. The van der Waals surface area contributed by atoms with Crippen molar-refractivity contribution < 1.29 is 0 Å². The fraction of sp³-hybridized carbons (Fsp3) is 0.111. The number of nitrogen functional groups attached to an aromatic ring is 1. The highest BCUT2D eigenvalue weighted by Crippen LogP contribution is 2.30. The van der Waals surface area contributed by atoms with Crippen molar-refractivity contribution in [3.63, 3.8) is 0 Å². The third-order valence-electron chi connectivity index (χ3n) is 1.84. The number of anilines is 1. The predicted molar refractivity (Wildman–Crippen MR) is 72.2 cm³/mol. The maximum atomic E-state index is 5.85. The van der Waals surface area contributed by atoms with Gasteiger partial charge in [-0.1, -0.05) is 11.6 Å². The van der Waals surface area contributed by atoms with E-state index in [1.807, 2.05) is 19.1 Å². The molecule has 3 nitrogen and oxygen atoms in total. The summed E-state index contributed by atoms with van der Waals surface area (Å²) in [5.74, 6) is 1.16. The molecule has 15 heavy (non-hydrogen) atoms. The summed E-state index contributed by atoms with van der Waals surface area (Å²) in [6.07, 6.45) is 0. The zero-order valence-corrected chi connectivity index (χ0v) is 11.5. The van der Waals surface area contributed by atoms with E-state index >= 15 is 0 Å². The molecule has 78 valence electrons. The van der Waals surface area contributed by atoms with Gasteiger partial charge in [-0.15, -0.1) is 11.3 Å². The summed E-state index contributed by atoms with van der Waals surface area (Å²) in [4.78, 5) is 9.53. The second-order valence-corrected chi connectivity index (χ2v) is 5.73. The van der Waals surface area contributed by atoms with Crippen molar-refractivity contribution in [3.05, 3.63) is 25.7 Å². The zero-order chi connectivity index (χ0) is 11.0. The van der Waals surface area contributed by atoms with Crippen LogP contribution in [0.15, 0.2) is 12.1 Å².